The Hall–Kier alpha value is -2.83. The van der Waals surface area contributed by atoms with Crippen molar-refractivity contribution in [2.24, 2.45) is 5.10 Å². The molecule has 0 saturated carbocycles. The van der Waals surface area contributed by atoms with Crippen LogP contribution in [0.15, 0.2) is 53.8 Å². The van der Waals surface area contributed by atoms with Crippen LogP contribution in [0.1, 0.15) is 11.1 Å². The Morgan fingerprint density at radius 3 is 2.33 bits per heavy atom. The highest BCUT2D eigenvalue weighted by molar-refractivity contribution is 5.78. The number of allylic oxidation sites excluding steroid dienone is 1. The number of nitrogens with zero attached hydrogens (tertiary/aromatic N) is 3. The van der Waals surface area contributed by atoms with E-state index in [9.17, 15) is 13.2 Å². The lowest BCUT2D eigenvalue weighted by Crippen LogP contribution is -2.07. The zero-order chi connectivity index (χ0) is 17.6. The van der Waals surface area contributed by atoms with Crippen molar-refractivity contribution in [3.8, 4) is 0 Å². The molecule has 0 saturated heterocycles. The molecule has 2 rings (SSSR count). The topological polar surface area (TPSA) is 40.5 Å². The third-order valence-corrected chi connectivity index (χ3v) is 3.13. The summed E-state index contributed by atoms with van der Waals surface area (Å²) >= 11 is 0. The highest BCUT2D eigenvalue weighted by Crippen LogP contribution is 2.28. The Morgan fingerprint density at radius 1 is 1.08 bits per heavy atom. The van der Waals surface area contributed by atoms with E-state index in [-0.39, 0.29) is 5.82 Å². The van der Waals surface area contributed by atoms with Crippen LogP contribution in [0, 0.1) is 0 Å². The van der Waals surface area contributed by atoms with Gasteiger partial charge in [-0.1, -0.05) is 18.2 Å². The second-order valence-electron chi connectivity index (χ2n) is 5.16. The number of alkyl halides is 3. The molecule has 1 aromatic heterocycles. The van der Waals surface area contributed by atoms with Gasteiger partial charge in [-0.15, -0.1) is 0 Å². The average Bonchev–Trinajstić information content (AvgIpc) is 2.54. The first-order chi connectivity index (χ1) is 11.4. The lowest BCUT2D eigenvalue weighted by atomic mass is 10.2. The van der Waals surface area contributed by atoms with Crippen LogP contribution >= 0.6 is 0 Å². The third kappa shape index (κ3) is 5.12. The first-order valence-electron chi connectivity index (χ1n) is 7.12. The van der Waals surface area contributed by atoms with Crippen molar-refractivity contribution in [1.29, 1.82) is 0 Å². The smallest absolute Gasteiger partial charge is 0.378 e. The molecule has 0 atom stereocenters. The molecule has 0 amide bonds. The normalized spacial score (nSPS) is 12.0. The van der Waals surface area contributed by atoms with Crippen molar-refractivity contribution in [3.63, 3.8) is 0 Å². The number of benzene rings is 1. The van der Waals surface area contributed by atoms with Gasteiger partial charge in [0, 0.05) is 32.2 Å². The van der Waals surface area contributed by atoms with E-state index in [1.54, 1.807) is 6.08 Å². The fourth-order valence-corrected chi connectivity index (χ4v) is 1.81. The molecule has 0 spiro atoms. The second kappa shape index (κ2) is 7.63. The van der Waals surface area contributed by atoms with Gasteiger partial charge in [-0.2, -0.15) is 18.3 Å². The van der Waals surface area contributed by atoms with Crippen molar-refractivity contribution in [2.45, 2.75) is 6.18 Å². The van der Waals surface area contributed by atoms with Crippen LogP contribution in [-0.2, 0) is 6.18 Å². The number of aromatic nitrogens is 1. The van der Waals surface area contributed by atoms with E-state index in [0.29, 0.717) is 0 Å². The largest absolute Gasteiger partial charge is 0.417 e. The average molecular weight is 334 g/mol. The molecule has 126 valence electrons. The van der Waals surface area contributed by atoms with E-state index in [1.807, 2.05) is 49.3 Å². The van der Waals surface area contributed by atoms with Gasteiger partial charge in [-0.25, -0.2) is 4.98 Å². The molecule has 0 aliphatic heterocycles. The Bertz CT molecular complexity index is 702. The fraction of sp³-hybridized carbons (Fsp3) is 0.176. The minimum Gasteiger partial charge on any atom is -0.378 e. The molecule has 0 fully saturated rings. The van der Waals surface area contributed by atoms with Crippen molar-refractivity contribution < 1.29 is 13.2 Å². The lowest BCUT2D eigenvalue weighted by Gasteiger charge is -2.11. The molecular formula is C17H17F3N4. The van der Waals surface area contributed by atoms with Crippen LogP contribution in [0.25, 0.3) is 6.08 Å². The molecule has 0 bridgehead atoms. The summed E-state index contributed by atoms with van der Waals surface area (Å²) in [6, 6.07) is 10.1. The minimum absolute atomic E-state index is 0.239. The summed E-state index contributed by atoms with van der Waals surface area (Å²) in [4.78, 5) is 5.66. The van der Waals surface area contributed by atoms with Crippen molar-refractivity contribution >= 4 is 23.8 Å². The van der Waals surface area contributed by atoms with Gasteiger partial charge < -0.3 is 4.90 Å². The van der Waals surface area contributed by atoms with E-state index in [0.717, 1.165) is 23.5 Å². The fourth-order valence-electron chi connectivity index (χ4n) is 1.81. The monoisotopic (exact) mass is 334 g/mol. The highest BCUT2D eigenvalue weighted by atomic mass is 19.4. The maximum Gasteiger partial charge on any atom is 0.417 e. The number of nitrogens with one attached hydrogen (secondary N) is 1. The Kier molecular flexibility index (Phi) is 5.57. The van der Waals surface area contributed by atoms with Crippen LogP contribution in [-0.4, -0.2) is 25.3 Å². The summed E-state index contributed by atoms with van der Waals surface area (Å²) in [7, 11) is 3.94. The zero-order valence-electron chi connectivity index (χ0n) is 13.2. The number of pyridine rings is 1. The number of hydrazone groups is 1. The van der Waals surface area contributed by atoms with Crippen LogP contribution in [0.5, 0.6) is 0 Å². The maximum atomic E-state index is 12.4. The molecule has 1 N–H and O–H groups in total. The summed E-state index contributed by atoms with van der Waals surface area (Å²) in [6.45, 7) is 0. The van der Waals surface area contributed by atoms with Crippen LogP contribution in [0.4, 0.5) is 24.7 Å². The first-order valence-corrected chi connectivity index (χ1v) is 7.12. The minimum atomic E-state index is -4.39. The van der Waals surface area contributed by atoms with Gasteiger partial charge in [0.05, 0.1) is 5.56 Å². The summed E-state index contributed by atoms with van der Waals surface area (Å²) in [5.74, 6) is 0.239. The number of rotatable bonds is 5. The van der Waals surface area contributed by atoms with Gasteiger partial charge in [0.25, 0.3) is 0 Å². The van der Waals surface area contributed by atoms with Gasteiger partial charge in [0.15, 0.2) is 0 Å². The zero-order valence-corrected chi connectivity index (χ0v) is 13.2. The summed E-state index contributed by atoms with van der Waals surface area (Å²) in [6.07, 6.45) is 1.46. The standard InChI is InChI=1S/C17H17F3N4/c1-24(2)15-8-5-13(6-9-15)4-3-11-22-23-16-10-7-14(12-21-16)17(18,19)20/h3-12H,1-2H3,(H,21,23)/b4-3+,22-11-. The predicted molar refractivity (Wildman–Crippen MR) is 91.2 cm³/mol. The van der Waals surface area contributed by atoms with Gasteiger partial charge >= 0.3 is 6.18 Å². The molecule has 0 radical (unpaired) electrons. The molecule has 0 unspecified atom stereocenters. The van der Waals surface area contributed by atoms with Gasteiger partial charge in [0.1, 0.15) is 5.82 Å². The highest BCUT2D eigenvalue weighted by Gasteiger charge is 2.30. The van der Waals surface area contributed by atoms with Crippen LogP contribution in [0.2, 0.25) is 0 Å². The van der Waals surface area contributed by atoms with Gasteiger partial charge in [-0.3, -0.25) is 5.43 Å². The van der Waals surface area contributed by atoms with E-state index in [4.69, 9.17) is 0 Å². The molecule has 4 nitrogen and oxygen atoms in total. The van der Waals surface area contributed by atoms with Crippen LogP contribution in [0.3, 0.4) is 0 Å². The van der Waals surface area contributed by atoms with E-state index in [1.165, 1.54) is 12.3 Å². The maximum absolute atomic E-state index is 12.4. The van der Waals surface area contributed by atoms with Crippen LogP contribution < -0.4 is 10.3 Å². The molecular weight excluding hydrogens is 317 g/mol. The summed E-state index contributed by atoms with van der Waals surface area (Å²) < 4.78 is 37.2. The molecule has 24 heavy (non-hydrogen) atoms. The Labute approximate surface area is 138 Å². The number of halogens is 3. The quantitative estimate of drug-likeness (QED) is 0.655. The Balaban J connectivity index is 1.88. The van der Waals surface area contributed by atoms with Gasteiger partial charge in [0.2, 0.25) is 0 Å². The second-order valence-corrected chi connectivity index (χ2v) is 5.16. The first kappa shape index (κ1) is 17.5. The van der Waals surface area contributed by atoms with Crippen molar-refractivity contribution in [1.82, 2.24) is 4.98 Å². The summed E-state index contributed by atoms with van der Waals surface area (Å²) in [5.41, 5.74) is 3.89. The lowest BCUT2D eigenvalue weighted by molar-refractivity contribution is -0.137. The van der Waals surface area contributed by atoms with E-state index < -0.39 is 11.7 Å². The predicted octanol–water partition coefficient (Wildman–Crippen LogP) is 4.28. The van der Waals surface area contributed by atoms with E-state index in [2.05, 4.69) is 15.5 Å². The molecule has 0 aliphatic rings. The molecule has 0 aliphatic carbocycles. The van der Waals surface area contributed by atoms with Crippen molar-refractivity contribution in [2.75, 3.05) is 24.4 Å². The van der Waals surface area contributed by atoms with E-state index >= 15 is 0 Å². The molecule has 2 aromatic rings. The van der Waals surface area contributed by atoms with Crippen molar-refractivity contribution in [3.05, 3.63) is 59.8 Å². The molecule has 1 heterocycles. The third-order valence-electron chi connectivity index (χ3n) is 3.13. The molecule has 1 aromatic carbocycles. The summed E-state index contributed by atoms with van der Waals surface area (Å²) in [5, 5.41) is 3.88. The number of hydrogen-bond acceptors (Lipinski definition) is 4. The number of anilines is 2. The SMILES string of the molecule is CN(C)c1ccc(/C=C/C=N\Nc2ccc(C(F)(F)F)cn2)cc1. The van der Waals surface area contributed by atoms with Gasteiger partial charge in [-0.05, 0) is 35.9 Å². The molecule has 7 heteroatoms. The number of hydrogen-bond donors (Lipinski definition) is 1. The Morgan fingerprint density at radius 2 is 1.79 bits per heavy atom.